The standard InChI is InChI=1S/C11H24N2O2S/c1-10(2)12-8-7-11-6-4-5-9-13(11)16(3,14)15/h10-12H,4-9H2,1-3H3. The van der Waals surface area contributed by atoms with Crippen molar-refractivity contribution in [3.05, 3.63) is 0 Å². The molecule has 0 saturated carbocycles. The zero-order valence-electron chi connectivity index (χ0n) is 10.6. The number of sulfonamides is 1. The number of rotatable bonds is 5. The van der Waals surface area contributed by atoms with Gasteiger partial charge in [0.1, 0.15) is 0 Å². The van der Waals surface area contributed by atoms with Crippen LogP contribution in [0, 0.1) is 0 Å². The normalized spacial score (nSPS) is 23.9. The van der Waals surface area contributed by atoms with Crippen LogP contribution in [0.1, 0.15) is 39.5 Å². The Bertz CT molecular complexity index is 301. The molecule has 0 spiro atoms. The van der Waals surface area contributed by atoms with Crippen LogP contribution in [0.4, 0.5) is 0 Å². The minimum Gasteiger partial charge on any atom is -0.314 e. The molecule has 0 aromatic rings. The summed E-state index contributed by atoms with van der Waals surface area (Å²) in [6.45, 7) is 5.81. The predicted molar refractivity (Wildman–Crippen MR) is 66.9 cm³/mol. The second-order valence-corrected chi connectivity index (χ2v) is 6.86. The van der Waals surface area contributed by atoms with Crippen molar-refractivity contribution in [3.63, 3.8) is 0 Å². The summed E-state index contributed by atoms with van der Waals surface area (Å²) < 4.78 is 24.9. The average molecular weight is 248 g/mol. The van der Waals surface area contributed by atoms with Gasteiger partial charge in [0.15, 0.2) is 0 Å². The molecule has 1 aliphatic rings. The molecule has 1 aliphatic heterocycles. The second kappa shape index (κ2) is 5.98. The van der Waals surface area contributed by atoms with Crippen LogP contribution < -0.4 is 5.32 Å². The third-order valence-electron chi connectivity index (χ3n) is 3.03. The summed E-state index contributed by atoms with van der Waals surface area (Å²) >= 11 is 0. The van der Waals surface area contributed by atoms with E-state index < -0.39 is 10.0 Å². The van der Waals surface area contributed by atoms with E-state index in [1.807, 2.05) is 0 Å². The first-order valence-electron chi connectivity index (χ1n) is 6.11. The first-order valence-corrected chi connectivity index (χ1v) is 7.96. The molecule has 0 aliphatic carbocycles. The van der Waals surface area contributed by atoms with Crippen LogP contribution >= 0.6 is 0 Å². The van der Waals surface area contributed by atoms with Gasteiger partial charge in [-0.2, -0.15) is 4.31 Å². The largest absolute Gasteiger partial charge is 0.314 e. The molecule has 0 bridgehead atoms. The minimum absolute atomic E-state index is 0.204. The van der Waals surface area contributed by atoms with Gasteiger partial charge in [-0.25, -0.2) is 8.42 Å². The smallest absolute Gasteiger partial charge is 0.211 e. The highest BCUT2D eigenvalue weighted by molar-refractivity contribution is 7.88. The summed E-state index contributed by atoms with van der Waals surface area (Å²) in [5.74, 6) is 0. The van der Waals surface area contributed by atoms with Crippen molar-refractivity contribution in [1.29, 1.82) is 0 Å². The summed E-state index contributed by atoms with van der Waals surface area (Å²) in [5, 5.41) is 3.34. The van der Waals surface area contributed by atoms with E-state index in [0.717, 1.165) is 32.2 Å². The van der Waals surface area contributed by atoms with E-state index in [1.165, 1.54) is 6.26 Å². The number of hydrogen-bond acceptors (Lipinski definition) is 3. The zero-order chi connectivity index (χ0) is 12.2. The van der Waals surface area contributed by atoms with Gasteiger partial charge in [0, 0.05) is 18.6 Å². The number of piperidine rings is 1. The van der Waals surface area contributed by atoms with E-state index in [2.05, 4.69) is 19.2 Å². The van der Waals surface area contributed by atoms with Crippen LogP contribution in [0.25, 0.3) is 0 Å². The van der Waals surface area contributed by atoms with E-state index in [1.54, 1.807) is 4.31 Å². The van der Waals surface area contributed by atoms with Crippen molar-refractivity contribution < 1.29 is 8.42 Å². The van der Waals surface area contributed by atoms with Crippen molar-refractivity contribution >= 4 is 10.0 Å². The van der Waals surface area contributed by atoms with Gasteiger partial charge in [0.05, 0.1) is 6.26 Å². The van der Waals surface area contributed by atoms with Gasteiger partial charge in [-0.1, -0.05) is 20.3 Å². The monoisotopic (exact) mass is 248 g/mol. The molecule has 16 heavy (non-hydrogen) atoms. The fraction of sp³-hybridized carbons (Fsp3) is 1.00. The Hall–Kier alpha value is -0.130. The van der Waals surface area contributed by atoms with Gasteiger partial charge < -0.3 is 5.32 Å². The van der Waals surface area contributed by atoms with Crippen molar-refractivity contribution in [2.24, 2.45) is 0 Å². The molecule has 1 N–H and O–H groups in total. The molecule has 0 aromatic carbocycles. The molecule has 1 fully saturated rings. The molecule has 5 heteroatoms. The molecule has 1 rings (SSSR count). The molecular weight excluding hydrogens is 224 g/mol. The number of nitrogens with one attached hydrogen (secondary N) is 1. The van der Waals surface area contributed by atoms with Crippen LogP contribution in [0.3, 0.4) is 0 Å². The van der Waals surface area contributed by atoms with E-state index in [0.29, 0.717) is 12.6 Å². The minimum atomic E-state index is -3.02. The molecule has 0 amide bonds. The van der Waals surface area contributed by atoms with Gasteiger partial charge in [0.2, 0.25) is 10.0 Å². The summed E-state index contributed by atoms with van der Waals surface area (Å²) in [6, 6.07) is 0.672. The Morgan fingerprint density at radius 2 is 2.06 bits per heavy atom. The molecule has 1 heterocycles. The molecule has 0 aromatic heterocycles. The van der Waals surface area contributed by atoms with Gasteiger partial charge in [-0.15, -0.1) is 0 Å². The summed E-state index contributed by atoms with van der Waals surface area (Å²) in [6.07, 6.45) is 5.40. The van der Waals surface area contributed by atoms with Crippen LogP contribution in [0.15, 0.2) is 0 Å². The summed E-state index contributed by atoms with van der Waals surface area (Å²) in [7, 11) is -3.02. The number of hydrogen-bond donors (Lipinski definition) is 1. The maximum atomic E-state index is 11.6. The lowest BCUT2D eigenvalue weighted by molar-refractivity contribution is 0.239. The van der Waals surface area contributed by atoms with Gasteiger partial charge in [-0.05, 0) is 25.8 Å². The molecule has 96 valence electrons. The van der Waals surface area contributed by atoms with E-state index in [4.69, 9.17) is 0 Å². The Morgan fingerprint density at radius 3 is 2.62 bits per heavy atom. The zero-order valence-corrected chi connectivity index (χ0v) is 11.4. The first kappa shape index (κ1) is 13.9. The molecule has 1 saturated heterocycles. The van der Waals surface area contributed by atoms with Gasteiger partial charge in [0.25, 0.3) is 0 Å². The van der Waals surface area contributed by atoms with Crippen molar-refractivity contribution in [2.75, 3.05) is 19.3 Å². The van der Waals surface area contributed by atoms with Crippen LogP contribution in [0.5, 0.6) is 0 Å². The third kappa shape index (κ3) is 4.39. The fourth-order valence-electron chi connectivity index (χ4n) is 2.24. The average Bonchev–Trinajstić information content (AvgIpc) is 2.16. The van der Waals surface area contributed by atoms with Crippen LogP contribution in [-0.2, 0) is 10.0 Å². The molecule has 0 radical (unpaired) electrons. The lowest BCUT2D eigenvalue weighted by atomic mass is 10.0. The van der Waals surface area contributed by atoms with Crippen molar-refractivity contribution in [1.82, 2.24) is 9.62 Å². The van der Waals surface area contributed by atoms with E-state index in [9.17, 15) is 8.42 Å². The van der Waals surface area contributed by atoms with Gasteiger partial charge in [-0.3, -0.25) is 0 Å². The highest BCUT2D eigenvalue weighted by Crippen LogP contribution is 2.21. The Morgan fingerprint density at radius 1 is 1.38 bits per heavy atom. The Labute approximate surface area is 99.5 Å². The molecule has 4 nitrogen and oxygen atoms in total. The Kier molecular flexibility index (Phi) is 5.21. The second-order valence-electron chi connectivity index (χ2n) is 4.92. The summed E-state index contributed by atoms with van der Waals surface area (Å²) in [4.78, 5) is 0. The topological polar surface area (TPSA) is 49.4 Å². The Balaban J connectivity index is 2.48. The van der Waals surface area contributed by atoms with Crippen LogP contribution in [0.2, 0.25) is 0 Å². The molecule has 1 unspecified atom stereocenters. The summed E-state index contributed by atoms with van der Waals surface area (Å²) in [5.41, 5.74) is 0. The van der Waals surface area contributed by atoms with Crippen molar-refractivity contribution in [3.8, 4) is 0 Å². The maximum absolute atomic E-state index is 11.6. The lowest BCUT2D eigenvalue weighted by Gasteiger charge is -2.33. The first-order chi connectivity index (χ1) is 7.41. The maximum Gasteiger partial charge on any atom is 0.211 e. The van der Waals surface area contributed by atoms with Crippen molar-refractivity contribution in [2.45, 2.75) is 51.6 Å². The van der Waals surface area contributed by atoms with Crippen LogP contribution in [-0.4, -0.2) is 44.2 Å². The highest BCUT2D eigenvalue weighted by Gasteiger charge is 2.28. The van der Waals surface area contributed by atoms with E-state index in [-0.39, 0.29) is 6.04 Å². The molecular formula is C11H24N2O2S. The fourth-order valence-corrected chi connectivity index (χ4v) is 3.45. The number of nitrogens with zero attached hydrogens (tertiary/aromatic N) is 1. The van der Waals surface area contributed by atoms with Gasteiger partial charge >= 0.3 is 0 Å². The quantitative estimate of drug-likeness (QED) is 0.795. The lowest BCUT2D eigenvalue weighted by Crippen LogP contribution is -2.44. The molecule has 1 atom stereocenters. The third-order valence-corrected chi connectivity index (χ3v) is 4.36. The highest BCUT2D eigenvalue weighted by atomic mass is 32.2. The predicted octanol–water partition coefficient (Wildman–Crippen LogP) is 1.19. The SMILES string of the molecule is CC(C)NCCC1CCCCN1S(C)(=O)=O. The van der Waals surface area contributed by atoms with E-state index >= 15 is 0 Å².